The van der Waals surface area contributed by atoms with Crippen molar-refractivity contribution in [1.29, 1.82) is 0 Å². The third kappa shape index (κ3) is 2.92. The summed E-state index contributed by atoms with van der Waals surface area (Å²) in [6.45, 7) is 3.23. The minimum absolute atomic E-state index is 0.0860. The number of nitrogens with one attached hydrogen (secondary N) is 1. The Morgan fingerprint density at radius 3 is 2.67 bits per heavy atom. The van der Waals surface area contributed by atoms with Crippen LogP contribution >= 0.6 is 0 Å². The van der Waals surface area contributed by atoms with Gasteiger partial charge in [0.15, 0.2) is 0 Å². The molecule has 1 aliphatic heterocycles. The van der Waals surface area contributed by atoms with E-state index in [1.807, 2.05) is 6.92 Å². The molecule has 1 aliphatic rings. The van der Waals surface area contributed by atoms with Crippen LogP contribution in [-0.4, -0.2) is 48.6 Å². The minimum Gasteiger partial charge on any atom is -0.480 e. The second kappa shape index (κ2) is 4.61. The maximum Gasteiger partial charge on any atom is 0.323 e. The molecule has 1 saturated heterocycles. The van der Waals surface area contributed by atoms with Crippen LogP contribution in [0.2, 0.25) is 0 Å². The van der Waals surface area contributed by atoms with Gasteiger partial charge in [-0.05, 0) is 26.3 Å². The quantitative estimate of drug-likeness (QED) is 0.689. The van der Waals surface area contributed by atoms with Crippen molar-refractivity contribution in [2.45, 2.75) is 19.8 Å². The highest BCUT2D eigenvalue weighted by molar-refractivity contribution is 5.85. The van der Waals surface area contributed by atoms with Crippen LogP contribution < -0.4 is 5.32 Å². The zero-order valence-corrected chi connectivity index (χ0v) is 9.25. The van der Waals surface area contributed by atoms with E-state index in [-0.39, 0.29) is 12.5 Å². The average molecular weight is 214 g/mol. The van der Waals surface area contributed by atoms with E-state index in [0.29, 0.717) is 6.54 Å². The SMILES string of the molecule is CN(CC(=O)O)C(=O)C1(C)CCCNC1. The van der Waals surface area contributed by atoms with E-state index < -0.39 is 11.4 Å². The fourth-order valence-corrected chi connectivity index (χ4v) is 1.97. The second-order valence-electron chi connectivity index (χ2n) is 4.40. The lowest BCUT2D eigenvalue weighted by Gasteiger charge is -2.35. The summed E-state index contributed by atoms with van der Waals surface area (Å²) in [5.41, 5.74) is -0.442. The molecule has 86 valence electrons. The van der Waals surface area contributed by atoms with Gasteiger partial charge in [-0.15, -0.1) is 0 Å². The standard InChI is InChI=1S/C10H18N2O3/c1-10(4-3-5-11-7-10)9(15)12(2)6-8(13)14/h11H,3-7H2,1-2H3,(H,13,14). The highest BCUT2D eigenvalue weighted by atomic mass is 16.4. The summed E-state index contributed by atoms with van der Waals surface area (Å²) in [6, 6.07) is 0. The molecule has 0 saturated carbocycles. The number of carbonyl (C=O) groups excluding carboxylic acids is 1. The fraction of sp³-hybridized carbons (Fsp3) is 0.800. The van der Waals surface area contributed by atoms with Crippen molar-refractivity contribution in [2.75, 3.05) is 26.7 Å². The number of carbonyl (C=O) groups is 2. The van der Waals surface area contributed by atoms with E-state index in [4.69, 9.17) is 5.11 Å². The monoisotopic (exact) mass is 214 g/mol. The highest BCUT2D eigenvalue weighted by Gasteiger charge is 2.36. The molecule has 0 aromatic rings. The average Bonchev–Trinajstić information content (AvgIpc) is 2.16. The number of aliphatic carboxylic acids is 1. The number of amides is 1. The first-order valence-electron chi connectivity index (χ1n) is 5.14. The van der Waals surface area contributed by atoms with E-state index >= 15 is 0 Å². The van der Waals surface area contributed by atoms with E-state index in [1.54, 1.807) is 0 Å². The summed E-state index contributed by atoms with van der Waals surface area (Å²) >= 11 is 0. The molecule has 1 fully saturated rings. The Labute approximate surface area is 89.4 Å². The Bertz CT molecular complexity index is 259. The van der Waals surface area contributed by atoms with E-state index in [9.17, 15) is 9.59 Å². The van der Waals surface area contributed by atoms with Gasteiger partial charge < -0.3 is 15.3 Å². The Morgan fingerprint density at radius 1 is 1.53 bits per heavy atom. The summed E-state index contributed by atoms with van der Waals surface area (Å²) in [6.07, 6.45) is 1.78. The van der Waals surface area contributed by atoms with Crippen LogP contribution in [0, 0.1) is 5.41 Å². The van der Waals surface area contributed by atoms with Crippen molar-refractivity contribution < 1.29 is 14.7 Å². The third-order valence-electron chi connectivity index (χ3n) is 2.83. The molecule has 1 rings (SSSR count). The van der Waals surface area contributed by atoms with Crippen LogP contribution in [0.1, 0.15) is 19.8 Å². The zero-order chi connectivity index (χ0) is 11.5. The number of carboxylic acids is 1. The maximum absolute atomic E-state index is 12.0. The first-order chi connectivity index (χ1) is 6.96. The van der Waals surface area contributed by atoms with Gasteiger partial charge in [0.1, 0.15) is 6.54 Å². The molecule has 0 aromatic heterocycles. The smallest absolute Gasteiger partial charge is 0.323 e. The summed E-state index contributed by atoms with van der Waals surface area (Å²) in [7, 11) is 1.54. The van der Waals surface area contributed by atoms with E-state index in [2.05, 4.69) is 5.32 Å². The summed E-state index contributed by atoms with van der Waals surface area (Å²) in [4.78, 5) is 23.8. The van der Waals surface area contributed by atoms with Crippen LogP contribution in [0.25, 0.3) is 0 Å². The minimum atomic E-state index is -0.974. The Hall–Kier alpha value is -1.10. The molecule has 5 heteroatoms. The molecule has 0 aliphatic carbocycles. The predicted molar refractivity (Wildman–Crippen MR) is 55.5 cm³/mol. The molecule has 2 N–H and O–H groups in total. The van der Waals surface area contributed by atoms with Crippen LogP contribution in [0.4, 0.5) is 0 Å². The van der Waals surface area contributed by atoms with Gasteiger partial charge in [-0.1, -0.05) is 0 Å². The van der Waals surface area contributed by atoms with Crippen LogP contribution in [0.5, 0.6) is 0 Å². The normalized spacial score (nSPS) is 26.0. The molecular formula is C10H18N2O3. The van der Waals surface area contributed by atoms with Crippen molar-refractivity contribution in [3.8, 4) is 0 Å². The first kappa shape index (κ1) is 12.0. The second-order valence-corrected chi connectivity index (χ2v) is 4.40. The van der Waals surface area contributed by atoms with Gasteiger partial charge in [0.2, 0.25) is 5.91 Å². The number of likely N-dealkylation sites (N-methyl/N-ethyl adjacent to an activating group) is 1. The number of piperidine rings is 1. The summed E-state index contributed by atoms with van der Waals surface area (Å²) in [5, 5.41) is 11.8. The van der Waals surface area contributed by atoms with Gasteiger partial charge in [0.05, 0.1) is 5.41 Å². The van der Waals surface area contributed by atoms with Crippen molar-refractivity contribution in [2.24, 2.45) is 5.41 Å². The topological polar surface area (TPSA) is 69.6 Å². The molecule has 5 nitrogen and oxygen atoms in total. The molecule has 1 atom stereocenters. The lowest BCUT2D eigenvalue weighted by atomic mass is 9.81. The van der Waals surface area contributed by atoms with E-state index in [1.165, 1.54) is 11.9 Å². The van der Waals surface area contributed by atoms with Gasteiger partial charge in [-0.2, -0.15) is 0 Å². The maximum atomic E-state index is 12.0. The largest absolute Gasteiger partial charge is 0.480 e. The molecule has 1 heterocycles. The molecule has 0 spiro atoms. The van der Waals surface area contributed by atoms with Crippen molar-refractivity contribution in [3.05, 3.63) is 0 Å². The zero-order valence-electron chi connectivity index (χ0n) is 9.25. The molecule has 15 heavy (non-hydrogen) atoms. The van der Waals surface area contributed by atoms with E-state index in [0.717, 1.165) is 19.4 Å². The van der Waals surface area contributed by atoms with Gasteiger partial charge in [0.25, 0.3) is 0 Å². The molecule has 1 amide bonds. The Kier molecular flexibility index (Phi) is 3.68. The number of rotatable bonds is 3. The Morgan fingerprint density at radius 2 is 2.20 bits per heavy atom. The summed E-state index contributed by atoms with van der Waals surface area (Å²) in [5.74, 6) is -1.06. The third-order valence-corrected chi connectivity index (χ3v) is 2.83. The van der Waals surface area contributed by atoms with Crippen LogP contribution in [0.3, 0.4) is 0 Å². The predicted octanol–water partition coefficient (Wildman–Crippen LogP) is -0.0809. The molecule has 0 radical (unpaired) electrons. The fourth-order valence-electron chi connectivity index (χ4n) is 1.97. The molecule has 0 bridgehead atoms. The highest BCUT2D eigenvalue weighted by Crippen LogP contribution is 2.27. The van der Waals surface area contributed by atoms with Gasteiger partial charge >= 0.3 is 5.97 Å². The lowest BCUT2D eigenvalue weighted by molar-refractivity contribution is -0.148. The van der Waals surface area contributed by atoms with Gasteiger partial charge in [0, 0.05) is 13.6 Å². The van der Waals surface area contributed by atoms with Gasteiger partial charge in [-0.3, -0.25) is 9.59 Å². The van der Waals surface area contributed by atoms with Gasteiger partial charge in [-0.25, -0.2) is 0 Å². The van der Waals surface area contributed by atoms with Crippen molar-refractivity contribution in [1.82, 2.24) is 10.2 Å². The number of hydrogen-bond donors (Lipinski definition) is 2. The number of carboxylic acid groups (broad SMARTS) is 1. The molecular weight excluding hydrogens is 196 g/mol. The summed E-state index contributed by atoms with van der Waals surface area (Å²) < 4.78 is 0. The van der Waals surface area contributed by atoms with Crippen LogP contribution in [0.15, 0.2) is 0 Å². The lowest BCUT2D eigenvalue weighted by Crippen LogP contribution is -2.50. The molecule has 0 aromatic carbocycles. The van der Waals surface area contributed by atoms with Crippen molar-refractivity contribution >= 4 is 11.9 Å². The van der Waals surface area contributed by atoms with Crippen LogP contribution in [-0.2, 0) is 9.59 Å². The molecule has 1 unspecified atom stereocenters. The Balaban J connectivity index is 2.61. The number of nitrogens with zero attached hydrogens (tertiary/aromatic N) is 1. The number of hydrogen-bond acceptors (Lipinski definition) is 3. The first-order valence-corrected chi connectivity index (χ1v) is 5.14. The van der Waals surface area contributed by atoms with Crippen molar-refractivity contribution in [3.63, 3.8) is 0 Å².